The fourth-order valence-corrected chi connectivity index (χ4v) is 1.58. The van der Waals surface area contributed by atoms with Crippen molar-refractivity contribution in [2.24, 2.45) is 0 Å². The number of ketones is 1. The largest absolute Gasteiger partial charge is 0.294 e. The molecular weight excluding hydrogens is 178 g/mol. The van der Waals surface area contributed by atoms with Gasteiger partial charge in [-0.25, -0.2) is 0 Å². The van der Waals surface area contributed by atoms with Crippen LogP contribution < -0.4 is 0 Å². The summed E-state index contributed by atoms with van der Waals surface area (Å²) in [5.41, 5.74) is 2.28. The molecule has 0 amide bonds. The van der Waals surface area contributed by atoms with Crippen LogP contribution in [-0.4, -0.2) is 15.6 Å². The molecule has 0 aromatic carbocycles. The number of hydrogen-bond donors (Lipinski definition) is 0. The van der Waals surface area contributed by atoms with Crippen LogP contribution in [0.15, 0.2) is 0 Å². The molecule has 74 valence electrons. The highest BCUT2D eigenvalue weighted by molar-refractivity contribution is 5.96. The van der Waals surface area contributed by atoms with Crippen LogP contribution >= 0.6 is 0 Å². The number of aromatic nitrogens is 2. The summed E-state index contributed by atoms with van der Waals surface area (Å²) in [4.78, 5) is 11.3. The fraction of sp³-hybridized carbons (Fsp3) is 0.500. The molecule has 0 fully saturated rings. The summed E-state index contributed by atoms with van der Waals surface area (Å²) in [7, 11) is 0. The van der Waals surface area contributed by atoms with Crippen molar-refractivity contribution in [1.82, 2.24) is 9.78 Å². The number of nitrogens with zero attached hydrogens (tertiary/aromatic N) is 3. The fourth-order valence-electron chi connectivity index (χ4n) is 1.58. The lowest BCUT2D eigenvalue weighted by Gasteiger charge is -2.00. The number of nitriles is 1. The second-order valence-corrected chi connectivity index (χ2v) is 3.23. The summed E-state index contributed by atoms with van der Waals surface area (Å²) < 4.78 is 1.72. The molecule has 1 aromatic rings. The topological polar surface area (TPSA) is 58.7 Å². The maximum absolute atomic E-state index is 11.3. The molecular formula is C10H13N3O. The van der Waals surface area contributed by atoms with Crippen LogP contribution in [0.4, 0.5) is 0 Å². The molecule has 0 aliphatic rings. The summed E-state index contributed by atoms with van der Waals surface area (Å²) >= 11 is 0. The Morgan fingerprint density at radius 3 is 2.64 bits per heavy atom. The molecule has 14 heavy (non-hydrogen) atoms. The molecule has 0 N–H and O–H groups in total. The van der Waals surface area contributed by atoms with Crippen LogP contribution in [0.2, 0.25) is 0 Å². The zero-order chi connectivity index (χ0) is 10.7. The van der Waals surface area contributed by atoms with E-state index in [1.807, 2.05) is 13.8 Å². The highest BCUT2D eigenvalue weighted by Gasteiger charge is 2.14. The van der Waals surface area contributed by atoms with Gasteiger partial charge >= 0.3 is 0 Å². The van der Waals surface area contributed by atoms with Crippen LogP contribution in [0.25, 0.3) is 0 Å². The third-order valence-corrected chi connectivity index (χ3v) is 2.17. The molecule has 0 aliphatic carbocycles. The molecule has 0 atom stereocenters. The van der Waals surface area contributed by atoms with Crippen molar-refractivity contribution in [1.29, 1.82) is 5.26 Å². The molecule has 1 rings (SSSR count). The van der Waals surface area contributed by atoms with Crippen molar-refractivity contribution in [2.45, 2.75) is 33.7 Å². The standard InChI is InChI=1S/C10H13N3O/c1-7-10(9(3)14)8(2)13(12-7)6-4-5-11/h4,6H2,1-3H3. The summed E-state index contributed by atoms with van der Waals surface area (Å²) in [6.07, 6.45) is 0.416. The molecule has 1 heterocycles. The molecule has 1 aromatic heterocycles. The molecule has 0 unspecified atom stereocenters. The van der Waals surface area contributed by atoms with Crippen LogP contribution in [0, 0.1) is 25.2 Å². The van der Waals surface area contributed by atoms with Gasteiger partial charge in [0.05, 0.1) is 30.3 Å². The summed E-state index contributed by atoms with van der Waals surface area (Å²) in [6, 6.07) is 2.06. The number of rotatable bonds is 3. The van der Waals surface area contributed by atoms with Crippen LogP contribution in [0.3, 0.4) is 0 Å². The predicted molar refractivity (Wildman–Crippen MR) is 51.9 cm³/mol. The van der Waals surface area contributed by atoms with Gasteiger partial charge in [-0.2, -0.15) is 10.4 Å². The van der Waals surface area contributed by atoms with E-state index in [0.29, 0.717) is 18.5 Å². The Balaban J connectivity index is 3.05. The monoisotopic (exact) mass is 191 g/mol. The first kappa shape index (κ1) is 10.5. The molecule has 4 nitrogen and oxygen atoms in total. The van der Waals surface area contributed by atoms with Crippen molar-refractivity contribution in [2.75, 3.05) is 0 Å². The lowest BCUT2D eigenvalue weighted by molar-refractivity contribution is 0.101. The van der Waals surface area contributed by atoms with Gasteiger partial charge in [0.2, 0.25) is 0 Å². The molecule has 0 aliphatic heterocycles. The highest BCUT2D eigenvalue weighted by atomic mass is 16.1. The minimum absolute atomic E-state index is 0.0307. The number of aryl methyl sites for hydroxylation is 2. The van der Waals surface area contributed by atoms with Crippen molar-refractivity contribution < 1.29 is 4.79 Å². The Morgan fingerprint density at radius 1 is 1.57 bits per heavy atom. The molecule has 0 saturated carbocycles. The van der Waals surface area contributed by atoms with Crippen molar-refractivity contribution in [3.8, 4) is 6.07 Å². The van der Waals surface area contributed by atoms with Crippen molar-refractivity contribution in [3.05, 3.63) is 17.0 Å². The van der Waals surface area contributed by atoms with Crippen molar-refractivity contribution in [3.63, 3.8) is 0 Å². The first-order chi connectivity index (χ1) is 6.57. The van der Waals surface area contributed by atoms with Crippen LogP contribution in [0.1, 0.15) is 35.1 Å². The Labute approximate surface area is 83.1 Å². The minimum Gasteiger partial charge on any atom is -0.294 e. The Morgan fingerprint density at radius 2 is 2.21 bits per heavy atom. The zero-order valence-electron chi connectivity index (χ0n) is 8.66. The predicted octanol–water partition coefficient (Wildman–Crippen LogP) is 1.62. The van der Waals surface area contributed by atoms with Crippen molar-refractivity contribution >= 4 is 5.78 Å². The van der Waals surface area contributed by atoms with Gasteiger partial charge in [0.15, 0.2) is 5.78 Å². The van der Waals surface area contributed by atoms with E-state index in [0.717, 1.165) is 11.4 Å². The number of hydrogen-bond acceptors (Lipinski definition) is 3. The van der Waals surface area contributed by atoms with Gasteiger partial charge in [-0.3, -0.25) is 9.48 Å². The molecule has 0 bridgehead atoms. The van der Waals surface area contributed by atoms with Gasteiger partial charge in [-0.05, 0) is 20.8 Å². The average Bonchev–Trinajstić information content (AvgIpc) is 2.38. The number of Topliss-reactive ketones (excluding diaryl/α,β-unsaturated/α-hetero) is 1. The Kier molecular flexibility index (Phi) is 3.03. The summed E-state index contributed by atoms with van der Waals surface area (Å²) in [5, 5.41) is 12.7. The number of carbonyl (C=O) groups is 1. The van der Waals surface area contributed by atoms with E-state index in [1.54, 1.807) is 4.68 Å². The van der Waals surface area contributed by atoms with Crippen LogP contribution in [0.5, 0.6) is 0 Å². The van der Waals surface area contributed by atoms with Gasteiger partial charge in [-0.15, -0.1) is 0 Å². The first-order valence-corrected chi connectivity index (χ1v) is 4.49. The van der Waals surface area contributed by atoms with Crippen LogP contribution in [-0.2, 0) is 6.54 Å². The van der Waals surface area contributed by atoms with Gasteiger partial charge in [0.25, 0.3) is 0 Å². The van der Waals surface area contributed by atoms with E-state index in [4.69, 9.17) is 5.26 Å². The van der Waals surface area contributed by atoms with E-state index in [-0.39, 0.29) is 5.78 Å². The lowest BCUT2D eigenvalue weighted by Crippen LogP contribution is -2.03. The second-order valence-electron chi connectivity index (χ2n) is 3.23. The Bertz CT molecular complexity index is 398. The number of carbonyl (C=O) groups excluding carboxylic acids is 1. The van der Waals surface area contributed by atoms with Gasteiger partial charge in [-0.1, -0.05) is 0 Å². The van der Waals surface area contributed by atoms with E-state index < -0.39 is 0 Å². The maximum Gasteiger partial charge on any atom is 0.163 e. The average molecular weight is 191 g/mol. The van der Waals surface area contributed by atoms with E-state index in [9.17, 15) is 4.79 Å². The van der Waals surface area contributed by atoms with Gasteiger partial charge < -0.3 is 0 Å². The third kappa shape index (κ3) is 1.82. The molecule has 0 spiro atoms. The molecule has 0 radical (unpaired) electrons. The normalized spacial score (nSPS) is 9.86. The highest BCUT2D eigenvalue weighted by Crippen LogP contribution is 2.13. The SMILES string of the molecule is CC(=O)c1c(C)nn(CCC#N)c1C. The van der Waals surface area contributed by atoms with Gasteiger partial charge in [0, 0.05) is 5.69 Å². The Hall–Kier alpha value is -1.63. The third-order valence-electron chi connectivity index (χ3n) is 2.17. The summed E-state index contributed by atoms with van der Waals surface area (Å²) in [5.74, 6) is 0.0307. The lowest BCUT2D eigenvalue weighted by atomic mass is 10.1. The van der Waals surface area contributed by atoms with Gasteiger partial charge in [0.1, 0.15) is 0 Å². The van der Waals surface area contributed by atoms with E-state index >= 15 is 0 Å². The molecule has 0 saturated heterocycles. The quantitative estimate of drug-likeness (QED) is 0.682. The maximum atomic E-state index is 11.3. The smallest absolute Gasteiger partial charge is 0.163 e. The molecule has 4 heteroatoms. The summed E-state index contributed by atoms with van der Waals surface area (Å²) in [6.45, 7) is 5.75. The second kappa shape index (κ2) is 4.05. The zero-order valence-corrected chi connectivity index (χ0v) is 8.66. The van der Waals surface area contributed by atoms with E-state index in [1.165, 1.54) is 6.92 Å². The van der Waals surface area contributed by atoms with E-state index in [2.05, 4.69) is 11.2 Å². The minimum atomic E-state index is 0.0307. The first-order valence-electron chi connectivity index (χ1n) is 4.49.